The largest absolute Gasteiger partial charge is 0.497 e. The van der Waals surface area contributed by atoms with Crippen LogP contribution in [0.4, 0.5) is 5.13 Å². The molecule has 71 heavy (non-hydrogen) atoms. The number of anilines is 1. The lowest BCUT2D eigenvalue weighted by Crippen LogP contribution is -2.31. The normalized spacial score (nSPS) is 11.5. The van der Waals surface area contributed by atoms with E-state index in [1.54, 1.807) is 53.0 Å². The van der Waals surface area contributed by atoms with Crippen LogP contribution < -0.4 is 28.6 Å². The minimum absolute atomic E-state index is 0.0193. The second-order valence-corrected chi connectivity index (χ2v) is 20.2. The number of nitrogens with zero attached hydrogens (tertiary/aromatic N) is 7. The summed E-state index contributed by atoms with van der Waals surface area (Å²) < 4.78 is 61.6. The summed E-state index contributed by atoms with van der Waals surface area (Å²) in [6, 6.07) is 47.9. The summed E-state index contributed by atoms with van der Waals surface area (Å²) in [5.74, 6) is 3.69. The van der Waals surface area contributed by atoms with E-state index in [1.165, 1.54) is 9.10 Å². The molecule has 0 aliphatic rings. The van der Waals surface area contributed by atoms with Crippen molar-refractivity contribution in [2.45, 2.75) is 37.6 Å². The number of ether oxygens (including phenoxy) is 5. The van der Waals surface area contributed by atoms with Gasteiger partial charge in [-0.2, -0.15) is 9.10 Å². The molecule has 0 aliphatic carbocycles. The zero-order valence-corrected chi connectivity index (χ0v) is 42.9. The van der Waals surface area contributed by atoms with Gasteiger partial charge in [0.15, 0.2) is 5.13 Å². The second kappa shape index (κ2) is 21.8. The Kier molecular flexibility index (Phi) is 14.9. The first-order valence-electron chi connectivity index (χ1n) is 22.5. The number of aromatic nitrogens is 5. The number of thiazole rings is 1. The molecule has 0 N–H and O–H groups in total. The van der Waals surface area contributed by atoms with Crippen molar-refractivity contribution in [3.63, 3.8) is 0 Å². The summed E-state index contributed by atoms with van der Waals surface area (Å²) in [6.07, 6.45) is 0. The van der Waals surface area contributed by atoms with Gasteiger partial charge in [-0.05, 0) is 127 Å². The van der Waals surface area contributed by atoms with E-state index >= 15 is 8.42 Å². The Bertz CT molecular complexity index is 3250. The zero-order chi connectivity index (χ0) is 49.5. The standard InChI is InChI=1S/C54H50BrN7O7S2/c1-65-41-19-9-36(10-20-41)31-60(32-37-11-21-42(66-2)22-12-37)54-56-51-47(7-6-8-49(51)70-54)46-29-30-48(55)52(50(46)53-57-59-62(58-53)35-40-17-27-45(69-5)28-18-40)71(63,64)61(33-38-13-23-43(67-3)24-14-38)34-39-15-25-44(68-4)26-16-39/h6-30H,31-35H2,1-5H3. The van der Waals surface area contributed by atoms with Crippen molar-refractivity contribution < 1.29 is 32.1 Å². The van der Waals surface area contributed by atoms with Crippen molar-refractivity contribution >= 4 is 52.6 Å². The van der Waals surface area contributed by atoms with Crippen LogP contribution in [0.3, 0.4) is 0 Å². The van der Waals surface area contributed by atoms with E-state index < -0.39 is 10.0 Å². The highest BCUT2D eigenvalue weighted by Crippen LogP contribution is 2.45. The van der Waals surface area contributed by atoms with Gasteiger partial charge >= 0.3 is 0 Å². The van der Waals surface area contributed by atoms with E-state index in [1.807, 2.05) is 121 Å². The van der Waals surface area contributed by atoms with Crippen molar-refractivity contribution in [2.75, 3.05) is 40.4 Å². The van der Waals surface area contributed by atoms with E-state index in [4.69, 9.17) is 33.8 Å². The maximum absolute atomic E-state index is 15.8. The van der Waals surface area contributed by atoms with Gasteiger partial charge in [-0.15, -0.1) is 10.2 Å². The lowest BCUT2D eigenvalue weighted by atomic mass is 9.98. The predicted molar refractivity (Wildman–Crippen MR) is 280 cm³/mol. The molecule has 0 aliphatic heterocycles. The zero-order valence-electron chi connectivity index (χ0n) is 39.7. The molecule has 17 heteroatoms. The minimum atomic E-state index is -4.42. The van der Waals surface area contributed by atoms with Gasteiger partial charge < -0.3 is 28.6 Å². The number of sulfonamides is 1. The Balaban J connectivity index is 1.20. The maximum Gasteiger partial charge on any atom is 0.245 e. The molecule has 0 spiro atoms. The molecule has 9 rings (SSSR count). The molecule has 14 nitrogen and oxygen atoms in total. The smallest absolute Gasteiger partial charge is 0.245 e. The molecule has 2 aromatic heterocycles. The number of benzene rings is 7. The van der Waals surface area contributed by atoms with Crippen LogP contribution in [-0.4, -0.2) is 73.5 Å². The van der Waals surface area contributed by atoms with E-state index in [-0.39, 0.29) is 35.9 Å². The molecule has 0 bridgehead atoms. The average Bonchev–Trinajstić information content (AvgIpc) is 4.07. The Hall–Kier alpha value is -7.31. The van der Waals surface area contributed by atoms with Crippen LogP contribution in [0.1, 0.15) is 27.8 Å². The van der Waals surface area contributed by atoms with Gasteiger partial charge in [-0.1, -0.05) is 90.2 Å². The number of para-hydroxylation sites is 1. The second-order valence-electron chi connectivity index (χ2n) is 16.5. The number of hydrogen-bond acceptors (Lipinski definition) is 13. The molecule has 0 radical (unpaired) electrons. The highest BCUT2D eigenvalue weighted by Gasteiger charge is 2.34. The van der Waals surface area contributed by atoms with E-state index in [0.717, 1.165) is 49.1 Å². The third kappa shape index (κ3) is 11.0. The molecule has 9 aromatic rings. The molecule has 0 fully saturated rings. The van der Waals surface area contributed by atoms with Crippen LogP contribution in [0.25, 0.3) is 32.7 Å². The van der Waals surface area contributed by atoms with Crippen LogP contribution in [0.2, 0.25) is 0 Å². The third-order valence-electron chi connectivity index (χ3n) is 11.9. The molecule has 0 amide bonds. The lowest BCUT2D eigenvalue weighted by Gasteiger charge is -2.25. The van der Waals surface area contributed by atoms with Crippen LogP contribution in [0.15, 0.2) is 161 Å². The first-order valence-corrected chi connectivity index (χ1v) is 25.5. The van der Waals surface area contributed by atoms with Crippen molar-refractivity contribution in [2.24, 2.45) is 0 Å². The molecule has 0 saturated carbocycles. The Morgan fingerprint density at radius 2 is 1.00 bits per heavy atom. The number of rotatable bonds is 20. The summed E-state index contributed by atoms with van der Waals surface area (Å²) >= 11 is 5.28. The van der Waals surface area contributed by atoms with Crippen LogP contribution in [0, 0.1) is 0 Å². The molecule has 0 saturated heterocycles. The minimum Gasteiger partial charge on any atom is -0.497 e. The van der Waals surface area contributed by atoms with Crippen LogP contribution in [0.5, 0.6) is 28.7 Å². The molecule has 0 unspecified atom stereocenters. The van der Waals surface area contributed by atoms with Crippen molar-refractivity contribution in [1.29, 1.82) is 0 Å². The number of halogens is 1. The fourth-order valence-electron chi connectivity index (χ4n) is 8.17. The summed E-state index contributed by atoms with van der Waals surface area (Å²) in [7, 11) is 3.69. The summed E-state index contributed by atoms with van der Waals surface area (Å²) in [5, 5.41) is 14.8. The molecular weight excluding hydrogens is 1000 g/mol. The van der Waals surface area contributed by atoms with Gasteiger partial charge in [-0.3, -0.25) is 0 Å². The third-order valence-corrected chi connectivity index (χ3v) is 15.8. The van der Waals surface area contributed by atoms with Crippen molar-refractivity contribution in [3.05, 3.63) is 184 Å². The van der Waals surface area contributed by atoms with Crippen molar-refractivity contribution in [1.82, 2.24) is 29.5 Å². The fraction of sp³-hybridized carbons (Fsp3) is 0.185. The van der Waals surface area contributed by atoms with Gasteiger partial charge in [0.2, 0.25) is 15.8 Å². The van der Waals surface area contributed by atoms with E-state index in [2.05, 4.69) is 55.4 Å². The van der Waals surface area contributed by atoms with Crippen LogP contribution in [-0.2, 0) is 42.7 Å². The van der Waals surface area contributed by atoms with Gasteiger partial charge in [0.05, 0.1) is 57.9 Å². The number of fused-ring (bicyclic) bond motifs is 1. The summed E-state index contributed by atoms with van der Waals surface area (Å²) in [4.78, 5) is 9.06. The Morgan fingerprint density at radius 1 is 0.549 bits per heavy atom. The molecule has 0 atom stereocenters. The van der Waals surface area contributed by atoms with Gasteiger partial charge in [0, 0.05) is 36.2 Å². The van der Waals surface area contributed by atoms with Gasteiger partial charge in [0.1, 0.15) is 33.6 Å². The van der Waals surface area contributed by atoms with E-state index in [0.29, 0.717) is 51.5 Å². The highest BCUT2D eigenvalue weighted by molar-refractivity contribution is 9.10. The Labute approximate surface area is 425 Å². The monoisotopic (exact) mass is 1050 g/mol. The number of hydrogen-bond donors (Lipinski definition) is 0. The topological polar surface area (TPSA) is 143 Å². The molecule has 362 valence electrons. The first-order chi connectivity index (χ1) is 34.5. The SMILES string of the molecule is COc1ccc(CN(Cc2ccc(OC)cc2)c2nc3c(-c4ccc(Br)c(S(=O)(=O)N(Cc5ccc(OC)cc5)Cc5ccc(OC)cc5)c4-c4nnn(Cc5ccc(OC)cc5)n4)cccc3s2)cc1. The predicted octanol–water partition coefficient (Wildman–Crippen LogP) is 11.1. The Morgan fingerprint density at radius 3 is 1.46 bits per heavy atom. The molecule has 2 heterocycles. The fourth-order valence-corrected chi connectivity index (χ4v) is 11.8. The lowest BCUT2D eigenvalue weighted by molar-refractivity contribution is 0.397. The highest BCUT2D eigenvalue weighted by atomic mass is 79.9. The van der Waals surface area contributed by atoms with Gasteiger partial charge in [-0.25, -0.2) is 13.4 Å². The van der Waals surface area contributed by atoms with E-state index in [9.17, 15) is 0 Å². The number of methoxy groups -OCH3 is 5. The summed E-state index contributed by atoms with van der Waals surface area (Å²) in [5.41, 5.74) is 6.77. The molecule has 7 aromatic carbocycles. The number of tetrazole rings is 1. The van der Waals surface area contributed by atoms with Crippen LogP contribution >= 0.6 is 27.3 Å². The average molecular weight is 1050 g/mol. The molecular formula is C54H50BrN7O7S2. The maximum atomic E-state index is 15.8. The first kappa shape index (κ1) is 48.7. The van der Waals surface area contributed by atoms with Gasteiger partial charge in [0.25, 0.3) is 0 Å². The van der Waals surface area contributed by atoms with Crippen molar-refractivity contribution in [3.8, 4) is 51.3 Å². The quantitative estimate of drug-likeness (QED) is 0.0717. The summed E-state index contributed by atoms with van der Waals surface area (Å²) in [6.45, 7) is 1.45.